The first-order chi connectivity index (χ1) is 11.0. The Morgan fingerprint density at radius 2 is 2.00 bits per heavy atom. The van der Waals surface area contributed by atoms with Crippen LogP contribution in [0.3, 0.4) is 0 Å². The number of carbonyl (C=O) groups is 1. The molecule has 118 valence electrons. The number of rotatable bonds is 1. The molecule has 6 heteroatoms. The number of carbonyl (C=O) groups excluding carboxylic acids is 1. The van der Waals surface area contributed by atoms with Gasteiger partial charge in [-0.25, -0.2) is 4.68 Å². The van der Waals surface area contributed by atoms with E-state index in [1.54, 1.807) is 0 Å². The summed E-state index contributed by atoms with van der Waals surface area (Å²) >= 11 is 6.01. The van der Waals surface area contributed by atoms with Crippen LogP contribution < -0.4 is 5.32 Å². The predicted octanol–water partition coefficient (Wildman–Crippen LogP) is 3.51. The number of allylic oxidation sites excluding steroid dienone is 2. The monoisotopic (exact) mass is 328 g/mol. The summed E-state index contributed by atoms with van der Waals surface area (Å²) in [5.74, 6) is 1.91. The van der Waals surface area contributed by atoms with Crippen molar-refractivity contribution in [3.05, 3.63) is 51.9 Å². The molecule has 2 aromatic rings. The highest BCUT2D eigenvalue weighted by Gasteiger charge is 2.38. The minimum atomic E-state index is -0.236. The molecule has 5 nitrogen and oxygen atoms in total. The van der Waals surface area contributed by atoms with Crippen LogP contribution in [0.15, 0.2) is 35.5 Å². The van der Waals surface area contributed by atoms with Gasteiger partial charge in [-0.15, -0.1) is 0 Å². The van der Waals surface area contributed by atoms with E-state index in [1.165, 1.54) is 0 Å². The quantitative estimate of drug-likeness (QED) is 0.870. The van der Waals surface area contributed by atoms with Crippen LogP contribution in [0.5, 0.6) is 0 Å². The van der Waals surface area contributed by atoms with E-state index in [1.807, 2.05) is 35.9 Å². The lowest BCUT2D eigenvalue weighted by Gasteiger charge is -2.34. The third kappa shape index (κ3) is 2.36. The lowest BCUT2D eigenvalue weighted by atomic mass is 9.81. The number of hydrogen-bond acceptors (Lipinski definition) is 4. The number of ketones is 1. The van der Waals surface area contributed by atoms with Gasteiger partial charge in [0.2, 0.25) is 5.95 Å². The van der Waals surface area contributed by atoms with E-state index in [4.69, 9.17) is 11.6 Å². The second-order valence-electron chi connectivity index (χ2n) is 6.34. The van der Waals surface area contributed by atoms with Crippen molar-refractivity contribution in [3.63, 3.8) is 0 Å². The molecule has 0 fully saturated rings. The highest BCUT2D eigenvalue weighted by atomic mass is 35.5. The topological polar surface area (TPSA) is 59.8 Å². The minimum absolute atomic E-state index is 0.185. The van der Waals surface area contributed by atoms with Gasteiger partial charge in [-0.1, -0.05) is 30.7 Å². The Balaban J connectivity index is 1.91. The van der Waals surface area contributed by atoms with Crippen LogP contribution in [0.2, 0.25) is 5.02 Å². The first-order valence-corrected chi connectivity index (χ1v) is 8.12. The summed E-state index contributed by atoms with van der Waals surface area (Å²) in [5, 5.41) is 8.49. The molecule has 1 aromatic heterocycles. The van der Waals surface area contributed by atoms with E-state index < -0.39 is 0 Å². The first kappa shape index (κ1) is 14.5. The normalized spacial score (nSPS) is 23.3. The zero-order chi connectivity index (χ0) is 16.1. The van der Waals surface area contributed by atoms with Crippen LogP contribution in [-0.2, 0) is 4.79 Å². The van der Waals surface area contributed by atoms with Gasteiger partial charge in [0, 0.05) is 22.7 Å². The molecule has 23 heavy (non-hydrogen) atoms. The summed E-state index contributed by atoms with van der Waals surface area (Å²) in [4.78, 5) is 17.2. The lowest BCUT2D eigenvalue weighted by Crippen LogP contribution is -2.33. The average Bonchev–Trinajstić information content (AvgIpc) is 2.85. The van der Waals surface area contributed by atoms with Crippen molar-refractivity contribution in [3.8, 4) is 0 Å². The molecular weight excluding hydrogens is 312 g/mol. The molecule has 1 N–H and O–H groups in total. The Morgan fingerprint density at radius 3 is 2.74 bits per heavy atom. The number of hydrogen-bond donors (Lipinski definition) is 1. The number of aryl methyl sites for hydroxylation is 1. The van der Waals surface area contributed by atoms with Crippen LogP contribution >= 0.6 is 11.6 Å². The number of fused-ring (bicyclic) bond motifs is 1. The maximum atomic E-state index is 12.7. The summed E-state index contributed by atoms with van der Waals surface area (Å²) in [6.45, 7) is 3.96. The van der Waals surface area contributed by atoms with Crippen molar-refractivity contribution < 1.29 is 4.79 Å². The molecule has 1 aliphatic heterocycles. The second-order valence-corrected chi connectivity index (χ2v) is 6.77. The number of anilines is 1. The Hall–Kier alpha value is -2.14. The van der Waals surface area contributed by atoms with Crippen molar-refractivity contribution in [1.29, 1.82) is 0 Å². The van der Waals surface area contributed by atoms with Crippen LogP contribution in [0.25, 0.3) is 0 Å². The summed E-state index contributed by atoms with van der Waals surface area (Å²) in [6.07, 6.45) is 1.44. The van der Waals surface area contributed by atoms with Gasteiger partial charge in [-0.2, -0.15) is 10.1 Å². The molecule has 0 spiro atoms. The van der Waals surface area contributed by atoms with Crippen molar-refractivity contribution in [2.45, 2.75) is 32.7 Å². The van der Waals surface area contributed by atoms with Crippen LogP contribution in [0, 0.1) is 12.8 Å². The van der Waals surface area contributed by atoms with E-state index in [9.17, 15) is 4.79 Å². The molecule has 2 aliphatic rings. The molecule has 0 unspecified atom stereocenters. The maximum absolute atomic E-state index is 12.7. The number of Topliss-reactive ketones (excluding diaryl/α,β-unsaturated/α-hetero) is 1. The Labute approximate surface area is 139 Å². The second kappa shape index (κ2) is 5.20. The van der Waals surface area contributed by atoms with Crippen LogP contribution in [0.1, 0.15) is 37.2 Å². The van der Waals surface area contributed by atoms with Crippen LogP contribution in [0.4, 0.5) is 5.95 Å². The third-order valence-corrected chi connectivity index (χ3v) is 4.67. The molecule has 0 saturated heterocycles. The predicted molar refractivity (Wildman–Crippen MR) is 88.4 cm³/mol. The van der Waals surface area contributed by atoms with Gasteiger partial charge in [0.25, 0.3) is 0 Å². The molecule has 0 amide bonds. The van der Waals surface area contributed by atoms with Gasteiger partial charge >= 0.3 is 0 Å². The largest absolute Gasteiger partial charge is 0.328 e. The standard InChI is InChI=1S/C17H17ClN4O/c1-9-7-13-15(14(23)8-9)16(11-3-5-12(18)6-4-11)22-17(20-13)19-10(2)21-22/h3-6,9,16H,7-8H2,1-2H3,(H,19,20,21)/t9-,16-/m1/s1. The number of nitrogens with zero attached hydrogens (tertiary/aromatic N) is 3. The van der Waals surface area contributed by atoms with Crippen LogP contribution in [-0.4, -0.2) is 20.5 Å². The summed E-state index contributed by atoms with van der Waals surface area (Å²) in [6, 6.07) is 7.36. The Bertz CT molecular complexity index is 822. The van der Waals surface area contributed by atoms with Gasteiger partial charge in [-0.05, 0) is 37.0 Å². The van der Waals surface area contributed by atoms with E-state index >= 15 is 0 Å². The van der Waals surface area contributed by atoms with E-state index in [2.05, 4.69) is 22.3 Å². The van der Waals surface area contributed by atoms with Gasteiger partial charge in [0.05, 0.1) is 0 Å². The van der Waals surface area contributed by atoms with Gasteiger partial charge < -0.3 is 5.32 Å². The number of aromatic nitrogens is 3. The fourth-order valence-electron chi connectivity index (χ4n) is 3.47. The minimum Gasteiger partial charge on any atom is -0.328 e. The smallest absolute Gasteiger partial charge is 0.226 e. The van der Waals surface area contributed by atoms with Crippen molar-refractivity contribution in [2.24, 2.45) is 5.92 Å². The average molecular weight is 329 g/mol. The van der Waals surface area contributed by atoms with Crippen molar-refractivity contribution in [1.82, 2.24) is 14.8 Å². The van der Waals surface area contributed by atoms with E-state index in [0.717, 1.165) is 23.3 Å². The first-order valence-electron chi connectivity index (χ1n) is 7.75. The number of nitrogens with one attached hydrogen (secondary N) is 1. The van der Waals surface area contributed by atoms with Crippen molar-refractivity contribution in [2.75, 3.05) is 5.32 Å². The molecular formula is C17H17ClN4O. The van der Waals surface area contributed by atoms with Gasteiger partial charge in [0.15, 0.2) is 5.78 Å². The molecule has 1 aliphatic carbocycles. The fourth-order valence-corrected chi connectivity index (χ4v) is 3.59. The molecule has 2 heterocycles. The summed E-state index contributed by atoms with van der Waals surface area (Å²) in [7, 11) is 0. The fraction of sp³-hybridized carbons (Fsp3) is 0.353. The van der Waals surface area contributed by atoms with E-state index in [0.29, 0.717) is 29.1 Å². The zero-order valence-corrected chi connectivity index (χ0v) is 13.8. The molecule has 0 radical (unpaired) electrons. The highest BCUT2D eigenvalue weighted by molar-refractivity contribution is 6.30. The Morgan fingerprint density at radius 1 is 1.26 bits per heavy atom. The van der Waals surface area contributed by atoms with Gasteiger partial charge in [0.1, 0.15) is 11.9 Å². The summed E-state index contributed by atoms with van der Waals surface area (Å²) < 4.78 is 1.81. The SMILES string of the molecule is Cc1nc2n(n1)[C@H](c1ccc(Cl)cc1)C1=C(C[C@@H](C)CC1=O)N2. The summed E-state index contributed by atoms with van der Waals surface area (Å²) in [5.41, 5.74) is 2.79. The highest BCUT2D eigenvalue weighted by Crippen LogP contribution is 2.41. The van der Waals surface area contributed by atoms with Gasteiger partial charge in [-0.3, -0.25) is 4.79 Å². The number of halogens is 1. The third-order valence-electron chi connectivity index (χ3n) is 4.42. The maximum Gasteiger partial charge on any atom is 0.226 e. The van der Waals surface area contributed by atoms with Crippen molar-refractivity contribution >= 4 is 23.3 Å². The Kier molecular flexibility index (Phi) is 3.27. The molecule has 0 saturated carbocycles. The zero-order valence-electron chi connectivity index (χ0n) is 13.0. The molecule has 0 bridgehead atoms. The lowest BCUT2D eigenvalue weighted by molar-refractivity contribution is -0.117. The number of benzene rings is 1. The molecule has 4 rings (SSSR count). The van der Waals surface area contributed by atoms with E-state index in [-0.39, 0.29) is 11.8 Å². The molecule has 2 atom stereocenters. The molecule has 1 aromatic carbocycles.